The third kappa shape index (κ3) is 2.88. The maximum atomic E-state index is 12.2. The van der Waals surface area contributed by atoms with E-state index in [1.165, 1.54) is 6.20 Å². The molecule has 0 atom stereocenters. The van der Waals surface area contributed by atoms with Crippen molar-refractivity contribution in [2.75, 3.05) is 7.05 Å². The maximum absolute atomic E-state index is 12.2. The lowest BCUT2D eigenvalue weighted by Gasteiger charge is -2.21. The molecule has 0 bridgehead atoms. The number of hydrogen-bond donors (Lipinski definition) is 1. The van der Waals surface area contributed by atoms with Gasteiger partial charge in [0.1, 0.15) is 6.54 Å². The number of benzene rings is 1. The summed E-state index contributed by atoms with van der Waals surface area (Å²) in [6.45, 7) is 3.93. The monoisotopic (exact) mass is 308 g/mol. The molecule has 112 valence electrons. The van der Waals surface area contributed by atoms with Crippen LogP contribution in [-0.4, -0.2) is 39.5 Å². The molecular formula is C15H17ClN2O3. The number of carboxylic acid groups (broad SMARTS) is 1. The second-order valence-electron chi connectivity index (χ2n) is 5.21. The molecule has 0 aliphatic carbocycles. The first kappa shape index (κ1) is 15.4. The van der Waals surface area contributed by atoms with Crippen molar-refractivity contribution in [2.24, 2.45) is 0 Å². The lowest BCUT2D eigenvalue weighted by molar-refractivity contribution is -0.131. The molecule has 1 amide bonds. The Bertz CT molecular complexity index is 706. The molecule has 2 aromatic rings. The van der Waals surface area contributed by atoms with Gasteiger partial charge in [0.05, 0.1) is 16.1 Å². The molecule has 1 heterocycles. The summed E-state index contributed by atoms with van der Waals surface area (Å²) in [6, 6.07) is 5.23. The minimum absolute atomic E-state index is 0.0821. The van der Waals surface area contributed by atoms with Crippen LogP contribution in [0.15, 0.2) is 24.4 Å². The van der Waals surface area contributed by atoms with E-state index >= 15 is 0 Å². The van der Waals surface area contributed by atoms with E-state index in [9.17, 15) is 14.7 Å². The Labute approximate surface area is 127 Å². The average molecular weight is 309 g/mol. The van der Waals surface area contributed by atoms with Crippen LogP contribution in [0, 0.1) is 0 Å². The average Bonchev–Trinajstić information content (AvgIpc) is 2.78. The van der Waals surface area contributed by atoms with E-state index in [0.29, 0.717) is 15.9 Å². The summed E-state index contributed by atoms with van der Waals surface area (Å²) in [4.78, 5) is 25.1. The Hall–Kier alpha value is -2.01. The lowest BCUT2D eigenvalue weighted by atomic mass is 10.2. The standard InChI is InChI=1S/C15H17ClN2O3/c1-9(2)17(3)13(19)8-18-7-10(15(20)21)14-11(16)5-4-6-12(14)18/h4-7,9H,8H2,1-3H3,(H,20,21). The number of nitrogens with zero attached hydrogens (tertiary/aromatic N) is 2. The maximum Gasteiger partial charge on any atom is 0.337 e. The number of amides is 1. The molecule has 21 heavy (non-hydrogen) atoms. The van der Waals surface area contributed by atoms with E-state index in [2.05, 4.69) is 0 Å². The van der Waals surface area contributed by atoms with Gasteiger partial charge >= 0.3 is 5.97 Å². The van der Waals surface area contributed by atoms with Crippen molar-refractivity contribution in [3.8, 4) is 0 Å². The first-order chi connectivity index (χ1) is 9.82. The fourth-order valence-corrected chi connectivity index (χ4v) is 2.42. The largest absolute Gasteiger partial charge is 0.478 e. The van der Waals surface area contributed by atoms with Crippen molar-refractivity contribution in [3.05, 3.63) is 35.0 Å². The normalized spacial score (nSPS) is 11.1. The molecule has 0 saturated heterocycles. The molecule has 0 spiro atoms. The second kappa shape index (κ2) is 5.77. The number of fused-ring (bicyclic) bond motifs is 1. The van der Waals surface area contributed by atoms with Crippen molar-refractivity contribution in [1.29, 1.82) is 0 Å². The lowest BCUT2D eigenvalue weighted by Crippen LogP contribution is -2.35. The summed E-state index contributed by atoms with van der Waals surface area (Å²) in [5, 5.41) is 10.1. The number of rotatable bonds is 4. The van der Waals surface area contributed by atoms with E-state index in [1.807, 2.05) is 13.8 Å². The van der Waals surface area contributed by atoms with E-state index in [0.717, 1.165) is 0 Å². The SMILES string of the molecule is CC(C)N(C)C(=O)Cn1cc(C(=O)O)c2c(Cl)cccc21. The molecular weight excluding hydrogens is 292 g/mol. The van der Waals surface area contributed by atoms with Crippen LogP contribution in [0.1, 0.15) is 24.2 Å². The quantitative estimate of drug-likeness (QED) is 0.944. The molecule has 1 N–H and O–H groups in total. The fraction of sp³-hybridized carbons (Fsp3) is 0.333. The van der Waals surface area contributed by atoms with Crippen molar-refractivity contribution < 1.29 is 14.7 Å². The number of carboxylic acids is 1. The van der Waals surface area contributed by atoms with Gasteiger partial charge in [-0.15, -0.1) is 0 Å². The van der Waals surface area contributed by atoms with Crippen LogP contribution in [0.5, 0.6) is 0 Å². The molecule has 1 aromatic heterocycles. The molecule has 0 aliphatic rings. The van der Waals surface area contributed by atoms with E-state index in [1.54, 1.807) is 34.7 Å². The molecule has 0 unspecified atom stereocenters. The highest BCUT2D eigenvalue weighted by molar-refractivity contribution is 6.36. The number of carbonyl (C=O) groups excluding carboxylic acids is 1. The topological polar surface area (TPSA) is 62.5 Å². The predicted molar refractivity (Wildman–Crippen MR) is 81.8 cm³/mol. The molecule has 0 radical (unpaired) electrons. The van der Waals surface area contributed by atoms with Crippen LogP contribution in [0.2, 0.25) is 5.02 Å². The van der Waals surface area contributed by atoms with Crippen LogP contribution in [0.4, 0.5) is 0 Å². The van der Waals surface area contributed by atoms with Crippen LogP contribution >= 0.6 is 11.6 Å². The van der Waals surface area contributed by atoms with Gasteiger partial charge in [-0.1, -0.05) is 17.7 Å². The number of aromatic carboxylic acids is 1. The van der Waals surface area contributed by atoms with Gasteiger partial charge in [-0.2, -0.15) is 0 Å². The zero-order valence-electron chi connectivity index (χ0n) is 12.1. The molecule has 0 aliphatic heterocycles. The van der Waals surface area contributed by atoms with Gasteiger partial charge < -0.3 is 14.6 Å². The summed E-state index contributed by atoms with van der Waals surface area (Å²) < 4.78 is 1.63. The molecule has 6 heteroatoms. The van der Waals surface area contributed by atoms with Gasteiger partial charge in [0.15, 0.2) is 0 Å². The van der Waals surface area contributed by atoms with Crippen LogP contribution < -0.4 is 0 Å². The Morgan fingerprint density at radius 1 is 1.38 bits per heavy atom. The Balaban J connectivity index is 2.48. The van der Waals surface area contributed by atoms with E-state index in [-0.39, 0.29) is 24.1 Å². The number of hydrogen-bond acceptors (Lipinski definition) is 2. The van der Waals surface area contributed by atoms with Crippen molar-refractivity contribution in [3.63, 3.8) is 0 Å². The molecule has 0 saturated carbocycles. The first-order valence-corrected chi connectivity index (χ1v) is 6.97. The van der Waals surface area contributed by atoms with Crippen molar-refractivity contribution in [2.45, 2.75) is 26.4 Å². The highest BCUT2D eigenvalue weighted by Gasteiger charge is 2.19. The highest BCUT2D eigenvalue weighted by atomic mass is 35.5. The summed E-state index contributed by atoms with van der Waals surface area (Å²) in [5.74, 6) is -1.14. The Kier molecular flexibility index (Phi) is 4.23. The minimum Gasteiger partial charge on any atom is -0.478 e. The van der Waals surface area contributed by atoms with E-state index < -0.39 is 5.97 Å². The zero-order chi connectivity index (χ0) is 15.7. The molecule has 5 nitrogen and oxygen atoms in total. The smallest absolute Gasteiger partial charge is 0.337 e. The minimum atomic E-state index is -1.06. The predicted octanol–water partition coefficient (Wildman–Crippen LogP) is 2.86. The molecule has 1 aromatic carbocycles. The van der Waals surface area contributed by atoms with Crippen LogP contribution in [0.25, 0.3) is 10.9 Å². The molecule has 0 fully saturated rings. The van der Waals surface area contributed by atoms with Gasteiger partial charge in [-0.05, 0) is 26.0 Å². The fourth-order valence-electron chi connectivity index (χ4n) is 2.15. The number of likely N-dealkylation sites (N-methyl/N-ethyl adjacent to an activating group) is 1. The van der Waals surface area contributed by atoms with Gasteiger partial charge in [-0.25, -0.2) is 4.79 Å². The van der Waals surface area contributed by atoms with Gasteiger partial charge in [0.25, 0.3) is 0 Å². The third-order valence-electron chi connectivity index (χ3n) is 3.56. The summed E-state index contributed by atoms with van der Waals surface area (Å²) >= 11 is 6.10. The van der Waals surface area contributed by atoms with Crippen LogP contribution in [-0.2, 0) is 11.3 Å². The summed E-state index contributed by atoms with van der Waals surface area (Å²) in [5.41, 5.74) is 0.751. The number of halogens is 1. The molecule has 2 rings (SSSR count). The van der Waals surface area contributed by atoms with E-state index in [4.69, 9.17) is 11.6 Å². The summed E-state index contributed by atoms with van der Waals surface area (Å²) in [7, 11) is 1.73. The zero-order valence-corrected chi connectivity index (χ0v) is 12.9. The second-order valence-corrected chi connectivity index (χ2v) is 5.62. The number of carbonyl (C=O) groups is 2. The van der Waals surface area contributed by atoms with Gasteiger partial charge in [-0.3, -0.25) is 4.79 Å². The van der Waals surface area contributed by atoms with Crippen LogP contribution in [0.3, 0.4) is 0 Å². The van der Waals surface area contributed by atoms with Gasteiger partial charge in [0, 0.05) is 24.7 Å². The van der Waals surface area contributed by atoms with Gasteiger partial charge in [0.2, 0.25) is 5.91 Å². The Morgan fingerprint density at radius 3 is 2.62 bits per heavy atom. The first-order valence-electron chi connectivity index (χ1n) is 6.59. The van der Waals surface area contributed by atoms with Crippen molar-refractivity contribution >= 4 is 34.4 Å². The third-order valence-corrected chi connectivity index (χ3v) is 3.87. The van der Waals surface area contributed by atoms with Crippen molar-refractivity contribution in [1.82, 2.24) is 9.47 Å². The number of aromatic nitrogens is 1. The Morgan fingerprint density at radius 2 is 2.05 bits per heavy atom. The highest BCUT2D eigenvalue weighted by Crippen LogP contribution is 2.28. The summed E-state index contributed by atoms with van der Waals surface area (Å²) in [6.07, 6.45) is 1.46.